The summed E-state index contributed by atoms with van der Waals surface area (Å²) in [5.41, 5.74) is 6.91. The molecule has 0 spiro atoms. The molecule has 2 heterocycles. The Labute approximate surface area is 116 Å². The van der Waals surface area contributed by atoms with E-state index in [0.717, 1.165) is 6.42 Å². The lowest BCUT2D eigenvalue weighted by Gasteiger charge is -2.24. The average molecular weight is 278 g/mol. The number of H-pyrrole nitrogens is 1. The molecule has 0 aliphatic heterocycles. The van der Waals surface area contributed by atoms with Crippen molar-refractivity contribution >= 4 is 23.1 Å². The normalized spacial score (nSPS) is 12.4. The summed E-state index contributed by atoms with van der Waals surface area (Å²) in [6, 6.07) is 4.21. The minimum absolute atomic E-state index is 0.0900. The van der Waals surface area contributed by atoms with Gasteiger partial charge in [-0.05, 0) is 25.3 Å². The monoisotopic (exact) mass is 278 g/mol. The highest BCUT2D eigenvalue weighted by Gasteiger charge is 2.23. The standard InChI is InChI=1S/C13H18N4OS/c1-8(7-10-5-4-6-19-10)17(3)13(18)11-9(2)15-16-12(11)14/h4-6,8H,7H2,1-3H3,(H3,14,15,16). The van der Waals surface area contributed by atoms with Gasteiger partial charge in [0.05, 0.1) is 0 Å². The van der Waals surface area contributed by atoms with Gasteiger partial charge in [0.25, 0.3) is 5.91 Å². The van der Waals surface area contributed by atoms with Crippen LogP contribution >= 0.6 is 11.3 Å². The number of anilines is 1. The molecule has 0 saturated carbocycles. The van der Waals surface area contributed by atoms with Crippen LogP contribution in [0.3, 0.4) is 0 Å². The van der Waals surface area contributed by atoms with Crippen molar-refractivity contribution < 1.29 is 4.79 Å². The number of aromatic nitrogens is 2. The number of aryl methyl sites for hydroxylation is 1. The number of likely N-dealkylation sites (N-methyl/N-ethyl adjacent to an activating group) is 1. The quantitative estimate of drug-likeness (QED) is 0.899. The number of hydrogen-bond donors (Lipinski definition) is 2. The van der Waals surface area contributed by atoms with Gasteiger partial charge in [-0.25, -0.2) is 0 Å². The predicted octanol–water partition coefficient (Wildman–Crippen LogP) is 2.07. The zero-order valence-corrected chi connectivity index (χ0v) is 12.1. The Bertz CT molecular complexity index is 542. The Balaban J connectivity index is 2.11. The van der Waals surface area contributed by atoms with Crippen molar-refractivity contribution in [3.63, 3.8) is 0 Å². The van der Waals surface area contributed by atoms with Crippen molar-refractivity contribution in [3.05, 3.63) is 33.6 Å². The summed E-state index contributed by atoms with van der Waals surface area (Å²) in [5, 5.41) is 8.64. The number of rotatable bonds is 4. The van der Waals surface area contributed by atoms with Crippen LogP contribution in [0.25, 0.3) is 0 Å². The van der Waals surface area contributed by atoms with Crippen LogP contribution in [0.2, 0.25) is 0 Å². The van der Waals surface area contributed by atoms with Gasteiger partial charge in [0.15, 0.2) is 5.82 Å². The molecule has 0 aliphatic rings. The molecule has 0 radical (unpaired) electrons. The molecule has 19 heavy (non-hydrogen) atoms. The number of nitrogens with two attached hydrogens (primary N) is 1. The molecule has 1 unspecified atom stereocenters. The topological polar surface area (TPSA) is 75.0 Å². The molecule has 1 amide bonds. The number of amides is 1. The highest BCUT2D eigenvalue weighted by atomic mass is 32.1. The molecule has 5 nitrogen and oxygen atoms in total. The lowest BCUT2D eigenvalue weighted by atomic mass is 10.1. The highest BCUT2D eigenvalue weighted by Crippen LogP contribution is 2.18. The summed E-state index contributed by atoms with van der Waals surface area (Å²) in [7, 11) is 1.80. The lowest BCUT2D eigenvalue weighted by molar-refractivity contribution is 0.0744. The van der Waals surface area contributed by atoms with Crippen molar-refractivity contribution in [2.45, 2.75) is 26.3 Å². The fourth-order valence-corrected chi connectivity index (χ4v) is 2.78. The van der Waals surface area contributed by atoms with Crippen LogP contribution in [0.15, 0.2) is 17.5 Å². The van der Waals surface area contributed by atoms with Gasteiger partial charge < -0.3 is 10.6 Å². The summed E-state index contributed by atoms with van der Waals surface area (Å²) in [6.07, 6.45) is 0.844. The summed E-state index contributed by atoms with van der Waals surface area (Å²) in [5.74, 6) is 0.172. The van der Waals surface area contributed by atoms with E-state index in [0.29, 0.717) is 11.3 Å². The third kappa shape index (κ3) is 2.78. The average Bonchev–Trinajstić information content (AvgIpc) is 2.98. The molecule has 3 N–H and O–H groups in total. The van der Waals surface area contributed by atoms with Crippen molar-refractivity contribution in [1.82, 2.24) is 15.1 Å². The van der Waals surface area contributed by atoms with E-state index >= 15 is 0 Å². The zero-order valence-electron chi connectivity index (χ0n) is 11.3. The minimum atomic E-state index is -0.0900. The van der Waals surface area contributed by atoms with E-state index in [1.54, 1.807) is 30.2 Å². The lowest BCUT2D eigenvalue weighted by Crippen LogP contribution is -2.36. The maximum absolute atomic E-state index is 12.4. The molecular weight excluding hydrogens is 260 g/mol. The van der Waals surface area contributed by atoms with Crippen LogP contribution < -0.4 is 5.73 Å². The van der Waals surface area contributed by atoms with Gasteiger partial charge in [-0.15, -0.1) is 11.3 Å². The molecule has 102 valence electrons. The van der Waals surface area contributed by atoms with Gasteiger partial charge >= 0.3 is 0 Å². The summed E-state index contributed by atoms with van der Waals surface area (Å²) in [6.45, 7) is 3.83. The largest absolute Gasteiger partial charge is 0.382 e. The van der Waals surface area contributed by atoms with Crippen molar-refractivity contribution in [2.75, 3.05) is 12.8 Å². The fraction of sp³-hybridized carbons (Fsp3) is 0.385. The number of nitrogens with zero attached hydrogens (tertiary/aromatic N) is 2. The Morgan fingerprint density at radius 1 is 1.63 bits per heavy atom. The second kappa shape index (κ2) is 5.44. The van der Waals surface area contributed by atoms with Crippen LogP contribution in [-0.4, -0.2) is 34.1 Å². The molecule has 0 fully saturated rings. The molecule has 0 saturated heterocycles. The number of nitrogen functional groups attached to an aromatic ring is 1. The maximum atomic E-state index is 12.4. The van der Waals surface area contributed by atoms with E-state index < -0.39 is 0 Å². The summed E-state index contributed by atoms with van der Waals surface area (Å²) < 4.78 is 0. The molecule has 0 bridgehead atoms. The number of carbonyl (C=O) groups excluding carboxylic acids is 1. The Morgan fingerprint density at radius 3 is 2.89 bits per heavy atom. The SMILES string of the molecule is Cc1[nH]nc(N)c1C(=O)N(C)C(C)Cc1cccs1. The molecule has 2 aromatic heterocycles. The van der Waals surface area contributed by atoms with Crippen molar-refractivity contribution in [1.29, 1.82) is 0 Å². The van der Waals surface area contributed by atoms with Gasteiger partial charge in [-0.2, -0.15) is 5.10 Å². The van der Waals surface area contributed by atoms with E-state index in [2.05, 4.69) is 16.3 Å². The van der Waals surface area contributed by atoms with E-state index in [9.17, 15) is 4.79 Å². The van der Waals surface area contributed by atoms with Crippen LogP contribution in [0.1, 0.15) is 27.9 Å². The first-order chi connectivity index (χ1) is 9.00. The number of hydrogen-bond acceptors (Lipinski definition) is 4. The van der Waals surface area contributed by atoms with E-state index in [4.69, 9.17) is 5.73 Å². The first-order valence-electron chi connectivity index (χ1n) is 6.10. The Hall–Kier alpha value is -1.82. The first kappa shape index (κ1) is 13.6. The number of carbonyl (C=O) groups is 1. The van der Waals surface area contributed by atoms with Crippen LogP contribution in [0.4, 0.5) is 5.82 Å². The first-order valence-corrected chi connectivity index (χ1v) is 6.98. The number of nitrogens with one attached hydrogen (secondary N) is 1. The molecule has 6 heteroatoms. The zero-order chi connectivity index (χ0) is 14.0. The predicted molar refractivity (Wildman–Crippen MR) is 77.3 cm³/mol. The molecule has 2 aromatic rings. The molecule has 0 aromatic carbocycles. The molecule has 1 atom stereocenters. The van der Waals surface area contributed by atoms with Crippen molar-refractivity contribution in [3.8, 4) is 0 Å². The molecular formula is C13H18N4OS. The minimum Gasteiger partial charge on any atom is -0.382 e. The van der Waals surface area contributed by atoms with Crippen LogP contribution in [0.5, 0.6) is 0 Å². The second-order valence-corrected chi connectivity index (χ2v) is 5.69. The van der Waals surface area contributed by atoms with Crippen LogP contribution in [-0.2, 0) is 6.42 Å². The fourth-order valence-electron chi connectivity index (χ4n) is 1.95. The van der Waals surface area contributed by atoms with E-state index in [-0.39, 0.29) is 17.8 Å². The molecule has 0 aliphatic carbocycles. The Morgan fingerprint density at radius 2 is 2.37 bits per heavy atom. The van der Waals surface area contributed by atoms with Gasteiger partial charge in [0.2, 0.25) is 0 Å². The third-order valence-electron chi connectivity index (χ3n) is 3.25. The van der Waals surface area contributed by atoms with E-state index in [1.807, 2.05) is 18.4 Å². The van der Waals surface area contributed by atoms with E-state index in [1.165, 1.54) is 4.88 Å². The number of thiophene rings is 1. The maximum Gasteiger partial charge on any atom is 0.259 e. The number of aromatic amines is 1. The summed E-state index contributed by atoms with van der Waals surface area (Å²) >= 11 is 1.70. The Kier molecular flexibility index (Phi) is 3.90. The second-order valence-electron chi connectivity index (χ2n) is 4.66. The van der Waals surface area contributed by atoms with Crippen LogP contribution in [0, 0.1) is 6.92 Å². The third-order valence-corrected chi connectivity index (χ3v) is 4.15. The van der Waals surface area contributed by atoms with Gasteiger partial charge in [-0.1, -0.05) is 6.07 Å². The molecule has 2 rings (SSSR count). The van der Waals surface area contributed by atoms with Crippen molar-refractivity contribution in [2.24, 2.45) is 0 Å². The smallest absolute Gasteiger partial charge is 0.259 e. The van der Waals surface area contributed by atoms with Gasteiger partial charge in [0, 0.05) is 30.1 Å². The highest BCUT2D eigenvalue weighted by molar-refractivity contribution is 7.09. The summed E-state index contributed by atoms with van der Waals surface area (Å²) in [4.78, 5) is 15.4. The van der Waals surface area contributed by atoms with Gasteiger partial charge in [-0.3, -0.25) is 9.89 Å². The van der Waals surface area contributed by atoms with Gasteiger partial charge in [0.1, 0.15) is 5.56 Å².